The Morgan fingerprint density at radius 3 is 1.86 bits per heavy atom. The minimum Gasteiger partial charge on any atom is -0.490 e. The van der Waals surface area contributed by atoms with E-state index in [9.17, 15) is 14.4 Å². The molecular formula is C24H26N4O7S2. The number of rotatable bonds is 17. The lowest BCUT2D eigenvalue weighted by molar-refractivity contribution is -0.139. The zero-order valence-corrected chi connectivity index (χ0v) is 21.6. The molecule has 0 saturated carbocycles. The second kappa shape index (κ2) is 16.8. The molecule has 0 saturated heterocycles. The summed E-state index contributed by atoms with van der Waals surface area (Å²) in [7, 11) is 0. The Morgan fingerprint density at radius 1 is 0.784 bits per heavy atom. The maximum Gasteiger partial charge on any atom is 0.330 e. The average Bonchev–Trinajstić information content (AvgIpc) is 2.91. The minimum atomic E-state index is -0.520. The molecule has 0 atom stereocenters. The largest absolute Gasteiger partial charge is 0.490 e. The SMILES string of the molecule is C=CC(=O)OCCOc1cccc(Nc2nc(SCCOC(=O)C=C)nc(SCCOC(=O)C=C)n2)c1. The molecular weight excluding hydrogens is 520 g/mol. The van der Waals surface area contributed by atoms with Gasteiger partial charge in [0.1, 0.15) is 32.2 Å². The fraction of sp³-hybridized carbons (Fsp3) is 0.250. The van der Waals surface area contributed by atoms with E-state index in [1.165, 1.54) is 23.5 Å². The van der Waals surface area contributed by atoms with E-state index < -0.39 is 17.9 Å². The summed E-state index contributed by atoms with van der Waals surface area (Å²) in [5, 5.41) is 3.94. The first-order chi connectivity index (χ1) is 17.9. The maximum absolute atomic E-state index is 11.2. The molecule has 2 rings (SSSR count). The van der Waals surface area contributed by atoms with E-state index in [0.717, 1.165) is 18.2 Å². The average molecular weight is 547 g/mol. The van der Waals surface area contributed by atoms with Crippen molar-refractivity contribution in [1.29, 1.82) is 0 Å². The first-order valence-electron chi connectivity index (χ1n) is 10.8. The number of hydrogen-bond acceptors (Lipinski definition) is 13. The number of aromatic nitrogens is 3. The number of esters is 3. The number of nitrogens with zero attached hydrogens (tertiary/aromatic N) is 3. The van der Waals surface area contributed by atoms with E-state index in [0.29, 0.717) is 33.3 Å². The molecule has 0 amide bonds. The van der Waals surface area contributed by atoms with Crippen LogP contribution in [0.4, 0.5) is 11.6 Å². The van der Waals surface area contributed by atoms with Gasteiger partial charge in [0, 0.05) is 41.5 Å². The summed E-state index contributed by atoms with van der Waals surface area (Å²) < 4.78 is 20.5. The van der Waals surface area contributed by atoms with Gasteiger partial charge in [-0.3, -0.25) is 0 Å². The molecule has 1 aromatic heterocycles. The molecule has 0 aliphatic carbocycles. The first-order valence-corrected chi connectivity index (χ1v) is 12.8. The zero-order chi connectivity index (χ0) is 26.9. The number of anilines is 2. The number of thioether (sulfide) groups is 2. The Balaban J connectivity index is 2.05. The van der Waals surface area contributed by atoms with Gasteiger partial charge in [0.05, 0.1) is 0 Å². The standard InChI is InChI=1S/C24H26N4O7S2/c1-4-19(29)33-11-10-32-18-9-7-8-17(16-18)25-22-26-23(36-14-12-34-20(30)5-2)28-24(27-22)37-15-13-35-21(31)6-3/h4-9,16H,1-3,10-15H2,(H,25,26,27,28). The summed E-state index contributed by atoms with van der Waals surface area (Å²) in [6, 6.07) is 7.08. The third kappa shape index (κ3) is 12.1. The summed E-state index contributed by atoms with van der Waals surface area (Å²) in [4.78, 5) is 46.8. The van der Waals surface area contributed by atoms with Gasteiger partial charge in [0.2, 0.25) is 5.95 Å². The molecule has 11 nitrogen and oxygen atoms in total. The van der Waals surface area contributed by atoms with Gasteiger partial charge in [-0.05, 0) is 12.1 Å². The van der Waals surface area contributed by atoms with Crippen LogP contribution in [0.25, 0.3) is 0 Å². The van der Waals surface area contributed by atoms with Crippen LogP contribution >= 0.6 is 23.5 Å². The normalized spacial score (nSPS) is 10.1. The third-order valence-electron chi connectivity index (χ3n) is 3.90. The number of nitrogens with one attached hydrogen (secondary N) is 1. The molecule has 1 aromatic carbocycles. The van der Waals surface area contributed by atoms with Crippen LogP contribution in [-0.4, -0.2) is 70.8 Å². The highest BCUT2D eigenvalue weighted by Crippen LogP contribution is 2.24. The molecule has 1 heterocycles. The molecule has 0 fully saturated rings. The summed E-state index contributed by atoms with van der Waals surface area (Å²) in [6.45, 7) is 10.6. The van der Waals surface area contributed by atoms with Gasteiger partial charge >= 0.3 is 17.9 Å². The highest BCUT2D eigenvalue weighted by atomic mass is 32.2. The van der Waals surface area contributed by atoms with Crippen molar-refractivity contribution in [3.63, 3.8) is 0 Å². The van der Waals surface area contributed by atoms with Crippen molar-refractivity contribution in [2.45, 2.75) is 10.3 Å². The minimum absolute atomic E-state index is 0.0847. The van der Waals surface area contributed by atoms with E-state index >= 15 is 0 Å². The quantitative estimate of drug-likeness (QED) is 0.102. The van der Waals surface area contributed by atoms with Crippen molar-refractivity contribution in [3.8, 4) is 5.75 Å². The Morgan fingerprint density at radius 2 is 1.32 bits per heavy atom. The molecule has 13 heteroatoms. The number of carbonyl (C=O) groups is 3. The van der Waals surface area contributed by atoms with Crippen LogP contribution in [0, 0.1) is 0 Å². The van der Waals surface area contributed by atoms with Crippen molar-refractivity contribution in [2.75, 3.05) is 43.3 Å². The van der Waals surface area contributed by atoms with Crippen LogP contribution in [-0.2, 0) is 28.6 Å². The maximum atomic E-state index is 11.2. The van der Waals surface area contributed by atoms with Crippen molar-refractivity contribution in [2.24, 2.45) is 0 Å². The second-order valence-corrected chi connectivity index (χ2v) is 8.66. The van der Waals surface area contributed by atoms with Gasteiger partial charge in [0.15, 0.2) is 10.3 Å². The molecule has 0 aliphatic rings. The predicted octanol–water partition coefficient (Wildman–Crippen LogP) is 3.37. The first kappa shape index (κ1) is 29.4. The van der Waals surface area contributed by atoms with Crippen LogP contribution < -0.4 is 10.1 Å². The molecule has 0 bridgehead atoms. The van der Waals surface area contributed by atoms with Crippen LogP contribution in [0.2, 0.25) is 0 Å². The Labute approximate surface area is 222 Å². The van der Waals surface area contributed by atoms with Crippen LogP contribution in [0.1, 0.15) is 0 Å². The smallest absolute Gasteiger partial charge is 0.330 e. The fourth-order valence-corrected chi connectivity index (χ4v) is 3.71. The summed E-state index contributed by atoms with van der Waals surface area (Å²) in [6.07, 6.45) is 3.27. The highest BCUT2D eigenvalue weighted by Gasteiger charge is 2.10. The van der Waals surface area contributed by atoms with E-state index in [2.05, 4.69) is 40.0 Å². The van der Waals surface area contributed by atoms with Gasteiger partial charge in [0.25, 0.3) is 0 Å². The van der Waals surface area contributed by atoms with Crippen molar-refractivity contribution in [1.82, 2.24) is 15.0 Å². The number of carbonyl (C=O) groups excluding carboxylic acids is 3. The highest BCUT2D eigenvalue weighted by molar-refractivity contribution is 7.99. The van der Waals surface area contributed by atoms with Gasteiger partial charge in [-0.1, -0.05) is 49.3 Å². The van der Waals surface area contributed by atoms with Crippen molar-refractivity contribution < 1.29 is 33.3 Å². The molecule has 196 valence electrons. The van der Waals surface area contributed by atoms with E-state index in [-0.39, 0.29) is 32.4 Å². The van der Waals surface area contributed by atoms with Gasteiger partial charge < -0.3 is 24.3 Å². The fourth-order valence-electron chi connectivity index (χ4n) is 2.34. The lowest BCUT2D eigenvalue weighted by atomic mass is 10.3. The predicted molar refractivity (Wildman–Crippen MR) is 140 cm³/mol. The zero-order valence-electron chi connectivity index (χ0n) is 19.9. The van der Waals surface area contributed by atoms with E-state index in [1.54, 1.807) is 24.3 Å². The van der Waals surface area contributed by atoms with Gasteiger partial charge in [-0.15, -0.1) is 0 Å². The number of benzene rings is 1. The Hall–Kier alpha value is -3.84. The second-order valence-electron chi connectivity index (χ2n) is 6.54. The van der Waals surface area contributed by atoms with Crippen LogP contribution in [0.15, 0.2) is 72.5 Å². The van der Waals surface area contributed by atoms with Gasteiger partial charge in [-0.25, -0.2) is 14.4 Å². The summed E-state index contributed by atoms with van der Waals surface area (Å²) >= 11 is 2.56. The van der Waals surface area contributed by atoms with E-state index in [1.807, 2.05) is 0 Å². The van der Waals surface area contributed by atoms with Crippen molar-refractivity contribution >= 4 is 53.1 Å². The van der Waals surface area contributed by atoms with Crippen molar-refractivity contribution in [3.05, 3.63) is 62.2 Å². The third-order valence-corrected chi connectivity index (χ3v) is 5.52. The monoisotopic (exact) mass is 546 g/mol. The molecule has 37 heavy (non-hydrogen) atoms. The molecule has 0 radical (unpaired) electrons. The molecule has 0 aliphatic heterocycles. The lowest BCUT2D eigenvalue weighted by Gasteiger charge is -2.11. The Bertz CT molecular complexity index is 1070. The molecule has 2 aromatic rings. The van der Waals surface area contributed by atoms with Gasteiger partial charge in [-0.2, -0.15) is 15.0 Å². The number of hydrogen-bond donors (Lipinski definition) is 1. The molecule has 1 N–H and O–H groups in total. The van der Waals surface area contributed by atoms with Crippen LogP contribution in [0.5, 0.6) is 5.75 Å². The Kier molecular flexibility index (Phi) is 13.3. The summed E-state index contributed by atoms with van der Waals surface area (Å²) in [5.74, 6) is 0.131. The van der Waals surface area contributed by atoms with Crippen LogP contribution in [0.3, 0.4) is 0 Å². The number of ether oxygens (including phenoxy) is 4. The topological polar surface area (TPSA) is 139 Å². The molecule has 0 spiro atoms. The van der Waals surface area contributed by atoms with E-state index in [4.69, 9.17) is 18.9 Å². The lowest BCUT2D eigenvalue weighted by Crippen LogP contribution is -2.10. The molecule has 0 unspecified atom stereocenters. The summed E-state index contributed by atoms with van der Waals surface area (Å²) in [5.41, 5.74) is 0.651.